The van der Waals surface area contributed by atoms with Gasteiger partial charge in [0, 0.05) is 31.4 Å². The van der Waals surface area contributed by atoms with Gasteiger partial charge >= 0.3 is 5.97 Å². The van der Waals surface area contributed by atoms with Gasteiger partial charge in [-0.1, -0.05) is 18.2 Å². The minimum atomic E-state index is -0.727. The fraction of sp³-hybridized carbons (Fsp3) is 0.500. The van der Waals surface area contributed by atoms with Gasteiger partial charge in [-0.2, -0.15) is 0 Å². The minimum Gasteiger partial charge on any atom is -0.481 e. The van der Waals surface area contributed by atoms with Crippen molar-refractivity contribution in [3.63, 3.8) is 0 Å². The number of carboxylic acids is 1. The van der Waals surface area contributed by atoms with E-state index in [-0.39, 0.29) is 5.92 Å². The van der Waals surface area contributed by atoms with E-state index in [9.17, 15) is 9.90 Å². The van der Waals surface area contributed by atoms with Crippen molar-refractivity contribution in [2.45, 2.75) is 19.9 Å². The number of nitrogens with zero attached hydrogens (tertiary/aromatic N) is 1. The van der Waals surface area contributed by atoms with Gasteiger partial charge in [-0.3, -0.25) is 4.79 Å². The average Bonchev–Trinajstić information content (AvgIpc) is 2.52. The van der Waals surface area contributed by atoms with Crippen molar-refractivity contribution in [3.8, 4) is 0 Å². The van der Waals surface area contributed by atoms with Gasteiger partial charge in [0.1, 0.15) is 0 Å². The Kier molecular flexibility index (Phi) is 3.87. The molecule has 4 heteroatoms. The van der Waals surface area contributed by atoms with Crippen molar-refractivity contribution in [1.82, 2.24) is 5.32 Å². The summed E-state index contributed by atoms with van der Waals surface area (Å²) in [4.78, 5) is 13.4. The van der Waals surface area contributed by atoms with Crippen LogP contribution in [-0.4, -0.2) is 36.8 Å². The summed E-state index contributed by atoms with van der Waals surface area (Å²) in [5.41, 5.74) is 2.33. The van der Waals surface area contributed by atoms with Crippen molar-refractivity contribution >= 4 is 11.7 Å². The Labute approximate surface area is 108 Å². The number of benzene rings is 1. The van der Waals surface area contributed by atoms with E-state index in [1.807, 2.05) is 12.1 Å². The van der Waals surface area contributed by atoms with Crippen molar-refractivity contribution in [2.75, 3.05) is 24.5 Å². The first kappa shape index (κ1) is 12.9. The third kappa shape index (κ3) is 2.82. The third-order valence-electron chi connectivity index (χ3n) is 3.45. The number of anilines is 1. The van der Waals surface area contributed by atoms with Crippen LogP contribution in [0.2, 0.25) is 0 Å². The molecule has 1 fully saturated rings. The molecule has 2 atom stereocenters. The molecule has 1 aliphatic heterocycles. The maximum absolute atomic E-state index is 11.2. The predicted octanol–water partition coefficient (Wildman–Crippen LogP) is 1.49. The van der Waals surface area contributed by atoms with E-state index in [1.54, 1.807) is 0 Å². The third-order valence-corrected chi connectivity index (χ3v) is 3.45. The van der Waals surface area contributed by atoms with Crippen LogP contribution in [0.15, 0.2) is 24.3 Å². The number of hydrogen-bond acceptors (Lipinski definition) is 3. The highest BCUT2D eigenvalue weighted by atomic mass is 16.4. The Morgan fingerprint density at radius 2 is 2.11 bits per heavy atom. The highest BCUT2D eigenvalue weighted by molar-refractivity contribution is 5.71. The summed E-state index contributed by atoms with van der Waals surface area (Å²) in [6.45, 7) is 6.11. The van der Waals surface area contributed by atoms with E-state index in [0.29, 0.717) is 19.1 Å². The Balaban J connectivity index is 2.24. The zero-order chi connectivity index (χ0) is 13.1. The Morgan fingerprint density at radius 3 is 2.78 bits per heavy atom. The van der Waals surface area contributed by atoms with E-state index in [1.165, 1.54) is 5.56 Å². The molecule has 1 heterocycles. The van der Waals surface area contributed by atoms with Crippen LogP contribution >= 0.6 is 0 Å². The molecule has 98 valence electrons. The van der Waals surface area contributed by atoms with Crippen molar-refractivity contribution in [3.05, 3.63) is 29.8 Å². The first-order chi connectivity index (χ1) is 8.58. The van der Waals surface area contributed by atoms with Gasteiger partial charge in [-0.15, -0.1) is 0 Å². The number of carboxylic acid groups (broad SMARTS) is 1. The van der Waals surface area contributed by atoms with E-state index < -0.39 is 5.97 Å². The lowest BCUT2D eigenvalue weighted by atomic mass is 10.1. The van der Waals surface area contributed by atoms with Crippen LogP contribution in [0.1, 0.15) is 12.5 Å². The standard InChI is InChI=1S/C14H20N2O2/c1-10-5-3-4-6-13(10)16-8-11(2)15-7-12(9-16)14(17)18/h3-6,11-12,15H,7-9H2,1-2H3,(H,17,18). The molecule has 0 aromatic heterocycles. The van der Waals surface area contributed by atoms with Crippen molar-refractivity contribution < 1.29 is 9.90 Å². The largest absolute Gasteiger partial charge is 0.481 e. The van der Waals surface area contributed by atoms with Crippen LogP contribution in [0.4, 0.5) is 5.69 Å². The maximum atomic E-state index is 11.2. The van der Waals surface area contributed by atoms with Crippen LogP contribution in [0.5, 0.6) is 0 Å². The molecular formula is C14H20N2O2. The van der Waals surface area contributed by atoms with Crippen molar-refractivity contribution in [2.24, 2.45) is 5.92 Å². The van der Waals surface area contributed by atoms with Gasteiger partial charge < -0.3 is 15.3 Å². The number of carbonyl (C=O) groups is 1. The molecule has 4 nitrogen and oxygen atoms in total. The molecule has 2 unspecified atom stereocenters. The lowest BCUT2D eigenvalue weighted by Crippen LogP contribution is -2.35. The summed E-state index contributed by atoms with van der Waals surface area (Å²) in [5, 5.41) is 12.5. The van der Waals surface area contributed by atoms with Crippen LogP contribution in [0, 0.1) is 12.8 Å². The monoisotopic (exact) mass is 248 g/mol. The first-order valence-corrected chi connectivity index (χ1v) is 6.34. The molecule has 0 aliphatic carbocycles. The number of para-hydroxylation sites is 1. The molecule has 1 saturated heterocycles. The quantitative estimate of drug-likeness (QED) is 0.832. The molecule has 18 heavy (non-hydrogen) atoms. The Morgan fingerprint density at radius 1 is 1.39 bits per heavy atom. The second-order valence-electron chi connectivity index (χ2n) is 5.04. The summed E-state index contributed by atoms with van der Waals surface area (Å²) in [6, 6.07) is 8.43. The number of rotatable bonds is 2. The molecule has 1 aromatic carbocycles. The molecule has 1 aliphatic rings. The molecule has 1 aromatic rings. The summed E-state index contributed by atoms with van der Waals surface area (Å²) in [7, 11) is 0. The van der Waals surface area contributed by atoms with Gasteiger partial charge in [-0.25, -0.2) is 0 Å². The molecule has 0 bridgehead atoms. The van der Waals surface area contributed by atoms with E-state index in [0.717, 1.165) is 12.2 Å². The molecule has 2 rings (SSSR count). The smallest absolute Gasteiger partial charge is 0.309 e. The molecule has 0 spiro atoms. The number of aryl methyl sites for hydroxylation is 1. The van der Waals surface area contributed by atoms with Gasteiger partial charge in [-0.05, 0) is 25.5 Å². The van der Waals surface area contributed by atoms with Crippen LogP contribution < -0.4 is 10.2 Å². The second-order valence-corrected chi connectivity index (χ2v) is 5.04. The summed E-state index contributed by atoms with van der Waals surface area (Å²) in [5.74, 6) is -1.08. The Hall–Kier alpha value is -1.55. The fourth-order valence-electron chi connectivity index (χ4n) is 2.42. The maximum Gasteiger partial charge on any atom is 0.309 e. The fourth-order valence-corrected chi connectivity index (χ4v) is 2.42. The van der Waals surface area contributed by atoms with Gasteiger partial charge in [0.25, 0.3) is 0 Å². The number of aliphatic carboxylic acids is 1. The normalized spacial score (nSPS) is 24.7. The highest BCUT2D eigenvalue weighted by Crippen LogP contribution is 2.22. The predicted molar refractivity (Wildman–Crippen MR) is 72.0 cm³/mol. The van der Waals surface area contributed by atoms with Crippen molar-refractivity contribution in [1.29, 1.82) is 0 Å². The molecule has 0 amide bonds. The molecule has 0 saturated carbocycles. The zero-order valence-corrected chi connectivity index (χ0v) is 10.9. The number of hydrogen-bond donors (Lipinski definition) is 2. The SMILES string of the molecule is Cc1ccccc1N1CC(C)NCC(C(=O)O)C1. The van der Waals surface area contributed by atoms with E-state index in [2.05, 4.69) is 36.2 Å². The summed E-state index contributed by atoms with van der Waals surface area (Å²) < 4.78 is 0. The Bertz CT molecular complexity index is 434. The van der Waals surface area contributed by atoms with Gasteiger partial charge in [0.15, 0.2) is 0 Å². The van der Waals surface area contributed by atoms with Crippen LogP contribution in [0.3, 0.4) is 0 Å². The molecular weight excluding hydrogens is 228 g/mol. The summed E-state index contributed by atoms with van der Waals surface area (Å²) in [6.07, 6.45) is 0. The molecule has 0 radical (unpaired) electrons. The minimum absolute atomic E-state index is 0.300. The van der Waals surface area contributed by atoms with Crippen LogP contribution in [-0.2, 0) is 4.79 Å². The van der Waals surface area contributed by atoms with Gasteiger partial charge in [0.05, 0.1) is 5.92 Å². The van der Waals surface area contributed by atoms with E-state index in [4.69, 9.17) is 0 Å². The second kappa shape index (κ2) is 5.40. The lowest BCUT2D eigenvalue weighted by Gasteiger charge is -2.27. The van der Waals surface area contributed by atoms with E-state index >= 15 is 0 Å². The highest BCUT2D eigenvalue weighted by Gasteiger charge is 2.26. The number of nitrogens with one attached hydrogen (secondary N) is 1. The summed E-state index contributed by atoms with van der Waals surface area (Å²) >= 11 is 0. The topological polar surface area (TPSA) is 52.6 Å². The zero-order valence-electron chi connectivity index (χ0n) is 10.9. The lowest BCUT2D eigenvalue weighted by molar-refractivity contribution is -0.141. The van der Waals surface area contributed by atoms with Crippen LogP contribution in [0.25, 0.3) is 0 Å². The van der Waals surface area contributed by atoms with Gasteiger partial charge in [0.2, 0.25) is 0 Å². The molecule has 2 N–H and O–H groups in total. The first-order valence-electron chi connectivity index (χ1n) is 6.34. The average molecular weight is 248 g/mol.